The van der Waals surface area contributed by atoms with Crippen molar-refractivity contribution in [1.82, 2.24) is 14.9 Å². The van der Waals surface area contributed by atoms with Crippen LogP contribution in [0.3, 0.4) is 0 Å². The molecule has 3 rings (SSSR count). The van der Waals surface area contributed by atoms with E-state index in [1.54, 1.807) is 18.6 Å². The maximum atomic E-state index is 12.4. The number of amides is 1. The van der Waals surface area contributed by atoms with Gasteiger partial charge in [0.05, 0.1) is 31.0 Å². The van der Waals surface area contributed by atoms with Gasteiger partial charge in [-0.3, -0.25) is 14.8 Å². The molecule has 1 aliphatic rings. The number of benzene rings is 1. The highest BCUT2D eigenvalue weighted by Crippen LogP contribution is 2.30. The van der Waals surface area contributed by atoms with Gasteiger partial charge in [0.2, 0.25) is 5.91 Å². The van der Waals surface area contributed by atoms with Crippen molar-refractivity contribution in [1.29, 1.82) is 0 Å². The van der Waals surface area contributed by atoms with E-state index >= 15 is 0 Å². The number of nitrogens with zero attached hydrogens (tertiary/aromatic N) is 3. The van der Waals surface area contributed by atoms with Gasteiger partial charge in [0.25, 0.3) is 0 Å². The summed E-state index contributed by atoms with van der Waals surface area (Å²) >= 11 is 0. The average Bonchev–Trinajstić information content (AvgIpc) is 3.06. The van der Waals surface area contributed by atoms with Crippen molar-refractivity contribution < 1.29 is 9.53 Å². The summed E-state index contributed by atoms with van der Waals surface area (Å²) in [6.45, 7) is 1.18. The Balaban J connectivity index is 1.55. The minimum atomic E-state index is 0.0536. The second kappa shape index (κ2) is 7.02. The van der Waals surface area contributed by atoms with Gasteiger partial charge in [-0.15, -0.1) is 0 Å². The molecule has 1 saturated heterocycles. The number of para-hydroxylation sites is 1. The van der Waals surface area contributed by atoms with E-state index in [0.29, 0.717) is 13.0 Å². The first-order chi connectivity index (χ1) is 10.8. The molecule has 1 amide bonds. The molecule has 1 fully saturated rings. The second-order valence-corrected chi connectivity index (χ2v) is 5.29. The molecule has 0 radical (unpaired) electrons. The van der Waals surface area contributed by atoms with Crippen LogP contribution in [0.2, 0.25) is 0 Å². The van der Waals surface area contributed by atoms with E-state index in [1.807, 2.05) is 35.2 Å². The summed E-state index contributed by atoms with van der Waals surface area (Å²) in [5.41, 5.74) is 0.873. The van der Waals surface area contributed by atoms with Gasteiger partial charge in [0.15, 0.2) is 0 Å². The highest BCUT2D eigenvalue weighted by atomic mass is 16.5. The van der Waals surface area contributed by atoms with E-state index < -0.39 is 0 Å². The van der Waals surface area contributed by atoms with Crippen LogP contribution in [0.25, 0.3) is 0 Å². The number of carbonyl (C=O) groups excluding carboxylic acids is 1. The lowest BCUT2D eigenvalue weighted by Crippen LogP contribution is -2.32. The van der Waals surface area contributed by atoms with Crippen LogP contribution in [0.4, 0.5) is 0 Å². The fraction of sp³-hybridized carbons (Fsp3) is 0.353. The van der Waals surface area contributed by atoms with Crippen LogP contribution in [0, 0.1) is 0 Å². The highest BCUT2D eigenvalue weighted by molar-refractivity contribution is 5.77. The molecule has 22 heavy (non-hydrogen) atoms. The third-order valence-electron chi connectivity index (χ3n) is 3.83. The lowest BCUT2D eigenvalue weighted by Gasteiger charge is -2.24. The number of carbonyl (C=O) groups is 1. The largest absolute Gasteiger partial charge is 0.493 e. The molecule has 0 N–H and O–H groups in total. The van der Waals surface area contributed by atoms with Crippen LogP contribution < -0.4 is 4.74 Å². The third kappa shape index (κ3) is 3.42. The van der Waals surface area contributed by atoms with Gasteiger partial charge in [-0.2, -0.15) is 0 Å². The Bertz CT molecular complexity index is 604. The molecule has 0 saturated carbocycles. The Kier molecular flexibility index (Phi) is 4.63. The first-order valence-electron chi connectivity index (χ1n) is 7.58. The van der Waals surface area contributed by atoms with Crippen LogP contribution in [-0.4, -0.2) is 33.9 Å². The average molecular weight is 297 g/mol. The van der Waals surface area contributed by atoms with E-state index in [1.165, 1.54) is 0 Å². The standard InChI is InChI=1S/C17H19N3O2/c21-17(8-12-22-14-5-2-1-3-6-14)20-11-4-7-16(20)15-13-18-9-10-19-15/h1-3,5-6,9-10,13,16H,4,7-8,11-12H2/t16-/m0/s1. The van der Waals surface area contributed by atoms with E-state index in [2.05, 4.69) is 9.97 Å². The van der Waals surface area contributed by atoms with E-state index in [0.717, 1.165) is 30.8 Å². The van der Waals surface area contributed by atoms with Crippen molar-refractivity contribution in [2.24, 2.45) is 0 Å². The van der Waals surface area contributed by atoms with Crippen LogP contribution >= 0.6 is 0 Å². The fourth-order valence-electron chi connectivity index (χ4n) is 2.77. The zero-order chi connectivity index (χ0) is 15.2. The normalized spacial score (nSPS) is 17.5. The molecular weight excluding hydrogens is 278 g/mol. The van der Waals surface area contributed by atoms with Crippen LogP contribution in [-0.2, 0) is 4.79 Å². The smallest absolute Gasteiger partial charge is 0.226 e. The molecule has 2 heterocycles. The summed E-state index contributed by atoms with van der Waals surface area (Å²) < 4.78 is 5.60. The molecule has 114 valence electrons. The molecule has 0 unspecified atom stereocenters. The first-order valence-corrected chi connectivity index (χ1v) is 7.58. The number of rotatable bonds is 5. The molecule has 1 aliphatic heterocycles. The lowest BCUT2D eigenvalue weighted by molar-refractivity contribution is -0.132. The fourth-order valence-corrected chi connectivity index (χ4v) is 2.77. The molecular formula is C17H19N3O2. The second-order valence-electron chi connectivity index (χ2n) is 5.29. The monoisotopic (exact) mass is 297 g/mol. The van der Waals surface area contributed by atoms with Crippen molar-refractivity contribution in [3.05, 3.63) is 54.6 Å². The Morgan fingerprint density at radius 2 is 2.14 bits per heavy atom. The van der Waals surface area contributed by atoms with Gasteiger partial charge in [-0.25, -0.2) is 0 Å². The molecule has 1 aromatic carbocycles. The minimum Gasteiger partial charge on any atom is -0.493 e. The maximum absolute atomic E-state index is 12.4. The predicted octanol–water partition coefficient (Wildman–Crippen LogP) is 2.61. The third-order valence-corrected chi connectivity index (χ3v) is 3.83. The van der Waals surface area contributed by atoms with Gasteiger partial charge in [0.1, 0.15) is 5.75 Å². The zero-order valence-corrected chi connectivity index (χ0v) is 12.4. The summed E-state index contributed by atoms with van der Waals surface area (Å²) in [5.74, 6) is 0.909. The summed E-state index contributed by atoms with van der Waals surface area (Å²) in [5, 5.41) is 0. The van der Waals surface area contributed by atoms with E-state index in [9.17, 15) is 4.79 Å². The quantitative estimate of drug-likeness (QED) is 0.851. The van der Waals surface area contributed by atoms with Crippen molar-refractivity contribution in [2.45, 2.75) is 25.3 Å². The van der Waals surface area contributed by atoms with Gasteiger partial charge in [0, 0.05) is 18.9 Å². The molecule has 0 bridgehead atoms. The Morgan fingerprint density at radius 3 is 2.91 bits per heavy atom. The molecule has 2 aromatic rings. The number of hydrogen-bond donors (Lipinski definition) is 0. The number of likely N-dealkylation sites (tertiary alicyclic amines) is 1. The Morgan fingerprint density at radius 1 is 1.27 bits per heavy atom. The van der Waals surface area contributed by atoms with Crippen LogP contribution in [0.5, 0.6) is 5.75 Å². The first kappa shape index (κ1) is 14.5. The minimum absolute atomic E-state index is 0.0536. The molecule has 0 aliphatic carbocycles. The van der Waals surface area contributed by atoms with E-state index in [-0.39, 0.29) is 11.9 Å². The van der Waals surface area contributed by atoms with Gasteiger partial charge < -0.3 is 9.64 Å². The van der Waals surface area contributed by atoms with E-state index in [4.69, 9.17) is 4.74 Å². The summed E-state index contributed by atoms with van der Waals surface area (Å²) in [6, 6.07) is 9.61. The highest BCUT2D eigenvalue weighted by Gasteiger charge is 2.30. The van der Waals surface area contributed by atoms with Crippen molar-refractivity contribution in [3.63, 3.8) is 0 Å². The molecule has 1 aromatic heterocycles. The zero-order valence-electron chi connectivity index (χ0n) is 12.4. The molecule has 1 atom stereocenters. The van der Waals surface area contributed by atoms with Crippen molar-refractivity contribution >= 4 is 5.91 Å². The summed E-state index contributed by atoms with van der Waals surface area (Å²) in [6.07, 6.45) is 7.41. The van der Waals surface area contributed by atoms with Gasteiger partial charge in [-0.05, 0) is 25.0 Å². The van der Waals surface area contributed by atoms with Crippen molar-refractivity contribution in [3.8, 4) is 5.75 Å². The Labute approximate surface area is 130 Å². The Hall–Kier alpha value is -2.43. The lowest BCUT2D eigenvalue weighted by atomic mass is 10.1. The topological polar surface area (TPSA) is 55.3 Å². The van der Waals surface area contributed by atoms with Crippen molar-refractivity contribution in [2.75, 3.05) is 13.2 Å². The number of hydrogen-bond acceptors (Lipinski definition) is 4. The predicted molar refractivity (Wildman–Crippen MR) is 82.3 cm³/mol. The molecule has 5 nitrogen and oxygen atoms in total. The SMILES string of the molecule is O=C(CCOc1ccccc1)N1CCC[C@H]1c1cnccn1. The van der Waals surface area contributed by atoms with Gasteiger partial charge in [-0.1, -0.05) is 18.2 Å². The maximum Gasteiger partial charge on any atom is 0.226 e. The molecule has 5 heteroatoms. The van der Waals surface area contributed by atoms with Crippen LogP contribution in [0.15, 0.2) is 48.9 Å². The van der Waals surface area contributed by atoms with Crippen LogP contribution in [0.1, 0.15) is 31.0 Å². The molecule has 0 spiro atoms. The summed E-state index contributed by atoms with van der Waals surface area (Å²) in [7, 11) is 0. The van der Waals surface area contributed by atoms with Gasteiger partial charge >= 0.3 is 0 Å². The number of ether oxygens (including phenoxy) is 1. The number of aromatic nitrogens is 2. The summed E-state index contributed by atoms with van der Waals surface area (Å²) in [4.78, 5) is 22.8.